The highest BCUT2D eigenvalue weighted by molar-refractivity contribution is 8.00. The van der Waals surface area contributed by atoms with E-state index in [0.29, 0.717) is 10.6 Å². The van der Waals surface area contributed by atoms with Crippen molar-refractivity contribution in [2.75, 3.05) is 11.1 Å². The Labute approximate surface area is 143 Å². The van der Waals surface area contributed by atoms with Gasteiger partial charge < -0.3 is 5.32 Å². The van der Waals surface area contributed by atoms with Crippen LogP contribution in [0.25, 0.3) is 10.2 Å². The molecule has 9 heteroatoms. The summed E-state index contributed by atoms with van der Waals surface area (Å²) in [4.78, 5) is 27.2. The maximum Gasteiger partial charge on any atom is 0.271 e. The van der Waals surface area contributed by atoms with Gasteiger partial charge in [0, 0.05) is 17.0 Å². The summed E-state index contributed by atoms with van der Waals surface area (Å²) in [6.07, 6.45) is 0. The highest BCUT2D eigenvalue weighted by Gasteiger charge is 2.12. The number of halogens is 1. The molecule has 0 aliphatic rings. The average Bonchev–Trinajstić information content (AvgIpc) is 2.95. The molecule has 0 saturated heterocycles. The van der Waals surface area contributed by atoms with Gasteiger partial charge in [0.1, 0.15) is 5.82 Å². The van der Waals surface area contributed by atoms with E-state index in [1.807, 2.05) is 0 Å². The van der Waals surface area contributed by atoms with Crippen molar-refractivity contribution in [3.05, 3.63) is 58.4 Å². The van der Waals surface area contributed by atoms with Gasteiger partial charge in [0.15, 0.2) is 5.13 Å². The Balaban J connectivity index is 1.64. The number of thioether (sulfide) groups is 1. The van der Waals surface area contributed by atoms with E-state index in [1.165, 1.54) is 47.4 Å². The number of hydrogen-bond donors (Lipinski definition) is 1. The Bertz CT molecular complexity index is 912. The first-order valence-electron chi connectivity index (χ1n) is 6.74. The Morgan fingerprint density at radius 1 is 1.29 bits per heavy atom. The number of hydrogen-bond acceptors (Lipinski definition) is 6. The molecule has 3 rings (SSSR count). The quantitative estimate of drug-likeness (QED) is 0.419. The third-order valence-corrected chi connectivity index (χ3v) is 4.98. The number of aromatic nitrogens is 1. The lowest BCUT2D eigenvalue weighted by atomic mass is 10.3. The van der Waals surface area contributed by atoms with Gasteiger partial charge in [0.2, 0.25) is 5.91 Å². The van der Waals surface area contributed by atoms with Crippen molar-refractivity contribution in [3.63, 3.8) is 0 Å². The average molecular weight is 363 g/mol. The highest BCUT2D eigenvalue weighted by atomic mass is 32.2. The van der Waals surface area contributed by atoms with Gasteiger partial charge in [-0.05, 0) is 30.3 Å². The zero-order chi connectivity index (χ0) is 17.1. The number of amides is 1. The summed E-state index contributed by atoms with van der Waals surface area (Å²) in [7, 11) is 0. The third kappa shape index (κ3) is 3.87. The molecule has 2 aromatic carbocycles. The van der Waals surface area contributed by atoms with Gasteiger partial charge in [-0.15, -0.1) is 11.8 Å². The van der Waals surface area contributed by atoms with Crippen molar-refractivity contribution in [2.45, 2.75) is 4.90 Å². The summed E-state index contributed by atoms with van der Waals surface area (Å²) < 4.78 is 13.6. The van der Waals surface area contributed by atoms with Crippen LogP contribution in [-0.2, 0) is 4.79 Å². The van der Waals surface area contributed by atoms with E-state index in [4.69, 9.17) is 0 Å². The van der Waals surface area contributed by atoms with Gasteiger partial charge in [-0.1, -0.05) is 11.3 Å². The van der Waals surface area contributed by atoms with Crippen molar-refractivity contribution in [3.8, 4) is 0 Å². The minimum absolute atomic E-state index is 0.0439. The van der Waals surface area contributed by atoms with Crippen LogP contribution in [0.5, 0.6) is 0 Å². The van der Waals surface area contributed by atoms with Crippen LogP contribution < -0.4 is 5.32 Å². The van der Waals surface area contributed by atoms with Gasteiger partial charge in [-0.2, -0.15) is 0 Å². The Hall–Kier alpha value is -2.52. The number of rotatable bonds is 5. The van der Waals surface area contributed by atoms with E-state index in [0.717, 1.165) is 9.60 Å². The smallest absolute Gasteiger partial charge is 0.271 e. The number of anilines is 1. The molecule has 0 aliphatic heterocycles. The zero-order valence-corrected chi connectivity index (χ0v) is 13.7. The highest BCUT2D eigenvalue weighted by Crippen LogP contribution is 2.29. The van der Waals surface area contributed by atoms with Gasteiger partial charge in [0.05, 0.1) is 20.9 Å². The van der Waals surface area contributed by atoms with Gasteiger partial charge in [-0.3, -0.25) is 14.9 Å². The maximum atomic E-state index is 12.8. The Morgan fingerprint density at radius 3 is 2.75 bits per heavy atom. The first-order chi connectivity index (χ1) is 11.5. The number of carbonyl (C=O) groups excluding carboxylic acids is 1. The summed E-state index contributed by atoms with van der Waals surface area (Å²) in [5.74, 6) is -0.424. The molecule has 0 unspecified atom stereocenters. The van der Waals surface area contributed by atoms with E-state index in [2.05, 4.69) is 10.3 Å². The van der Waals surface area contributed by atoms with Crippen LogP contribution in [0.1, 0.15) is 0 Å². The van der Waals surface area contributed by atoms with E-state index < -0.39 is 4.92 Å². The molecule has 1 heterocycles. The summed E-state index contributed by atoms with van der Waals surface area (Å²) in [6.45, 7) is 0. The molecule has 1 N–H and O–H groups in total. The van der Waals surface area contributed by atoms with Crippen LogP contribution in [0.2, 0.25) is 0 Å². The summed E-state index contributed by atoms with van der Waals surface area (Å²) in [5.41, 5.74) is 0.424. The fraction of sp³-hybridized carbons (Fsp3) is 0.0667. The largest absolute Gasteiger partial charge is 0.301 e. The van der Waals surface area contributed by atoms with Crippen molar-refractivity contribution in [1.82, 2.24) is 4.98 Å². The minimum Gasteiger partial charge on any atom is -0.301 e. The molecule has 122 valence electrons. The van der Waals surface area contributed by atoms with Crippen molar-refractivity contribution < 1.29 is 14.1 Å². The predicted molar refractivity (Wildman–Crippen MR) is 92.0 cm³/mol. The fourth-order valence-electron chi connectivity index (χ4n) is 1.92. The number of carbonyl (C=O) groups is 1. The molecule has 0 fully saturated rings. The van der Waals surface area contributed by atoms with E-state index >= 15 is 0 Å². The van der Waals surface area contributed by atoms with Gasteiger partial charge in [0.25, 0.3) is 5.69 Å². The van der Waals surface area contributed by atoms with E-state index in [9.17, 15) is 19.3 Å². The fourth-order valence-corrected chi connectivity index (χ4v) is 3.48. The molecular weight excluding hydrogens is 353 g/mol. The van der Waals surface area contributed by atoms with Crippen LogP contribution in [0.4, 0.5) is 15.2 Å². The number of non-ortho nitro benzene ring substituents is 1. The Kier molecular flexibility index (Phi) is 4.72. The number of fused-ring (bicyclic) bond motifs is 1. The predicted octanol–water partition coefficient (Wildman–Crippen LogP) is 4.07. The van der Waals surface area contributed by atoms with E-state index in [-0.39, 0.29) is 23.2 Å². The van der Waals surface area contributed by atoms with Crippen molar-refractivity contribution in [2.24, 2.45) is 0 Å². The molecule has 0 spiro atoms. The molecule has 0 saturated carbocycles. The summed E-state index contributed by atoms with van der Waals surface area (Å²) in [6, 6.07) is 10.2. The lowest BCUT2D eigenvalue weighted by molar-refractivity contribution is -0.384. The number of nitro groups is 1. The third-order valence-electron chi connectivity index (χ3n) is 3.01. The van der Waals surface area contributed by atoms with Gasteiger partial charge >= 0.3 is 0 Å². The van der Waals surface area contributed by atoms with E-state index in [1.54, 1.807) is 18.2 Å². The van der Waals surface area contributed by atoms with Crippen molar-refractivity contribution in [1.29, 1.82) is 0 Å². The van der Waals surface area contributed by atoms with Gasteiger partial charge in [-0.25, -0.2) is 9.37 Å². The number of nitro benzene ring substituents is 1. The van der Waals surface area contributed by atoms with Crippen LogP contribution in [0.15, 0.2) is 47.4 Å². The summed E-state index contributed by atoms with van der Waals surface area (Å²) >= 11 is 2.52. The molecule has 3 aromatic rings. The first kappa shape index (κ1) is 16.3. The molecule has 1 amide bonds. The standard InChI is InChI=1S/C15H10FN3O3S2/c16-9-1-4-11(5-2-9)23-8-14(20)18-15-17-12-7-10(19(21)22)3-6-13(12)24-15/h1-7H,8H2,(H,17,18,20). The normalized spacial score (nSPS) is 10.7. The van der Waals surface area contributed by atoms with Crippen LogP contribution >= 0.6 is 23.1 Å². The zero-order valence-electron chi connectivity index (χ0n) is 12.1. The van der Waals surface area contributed by atoms with Crippen LogP contribution in [0.3, 0.4) is 0 Å². The monoisotopic (exact) mass is 363 g/mol. The molecular formula is C15H10FN3O3S2. The molecule has 1 aromatic heterocycles. The number of benzene rings is 2. The Morgan fingerprint density at radius 2 is 2.04 bits per heavy atom. The number of nitrogens with one attached hydrogen (secondary N) is 1. The first-order valence-corrected chi connectivity index (χ1v) is 8.55. The molecule has 24 heavy (non-hydrogen) atoms. The molecule has 0 radical (unpaired) electrons. The maximum absolute atomic E-state index is 12.8. The summed E-state index contributed by atoms with van der Waals surface area (Å²) in [5, 5.41) is 13.8. The second kappa shape index (κ2) is 6.93. The number of thiazole rings is 1. The second-order valence-electron chi connectivity index (χ2n) is 4.72. The lowest BCUT2D eigenvalue weighted by Gasteiger charge is -2.01. The minimum atomic E-state index is -0.490. The topological polar surface area (TPSA) is 85.1 Å². The molecule has 6 nitrogen and oxygen atoms in total. The SMILES string of the molecule is O=C(CSc1ccc(F)cc1)Nc1nc2cc([N+](=O)[O-])ccc2s1. The van der Waals surface area contributed by atoms with Crippen molar-refractivity contribution >= 4 is 50.0 Å². The number of nitrogens with zero attached hydrogens (tertiary/aromatic N) is 2. The molecule has 0 atom stereocenters. The van der Waals surface area contributed by atoms with Crippen LogP contribution in [-0.4, -0.2) is 21.6 Å². The molecule has 0 aliphatic carbocycles. The second-order valence-corrected chi connectivity index (χ2v) is 6.80. The van der Waals surface area contributed by atoms with Crippen LogP contribution in [0, 0.1) is 15.9 Å². The lowest BCUT2D eigenvalue weighted by Crippen LogP contribution is -2.13. The molecule has 0 bridgehead atoms.